The SMILES string of the molecule is CC(C)/C=C/COC(=O)/C=C/C(=O)OC/C=C/C(C)C. The number of hydrogen-bond acceptors (Lipinski definition) is 4. The number of carbonyl (C=O) groups is 2. The molecule has 0 spiro atoms. The first kappa shape index (κ1) is 18.2. The summed E-state index contributed by atoms with van der Waals surface area (Å²) in [5.74, 6) is -0.294. The molecule has 0 amide bonds. The van der Waals surface area contributed by atoms with Crippen molar-refractivity contribution in [1.82, 2.24) is 0 Å². The molecule has 112 valence electrons. The molecule has 0 aliphatic heterocycles. The average Bonchev–Trinajstić information content (AvgIpc) is 2.37. The fraction of sp³-hybridized carbons (Fsp3) is 0.500. The summed E-state index contributed by atoms with van der Waals surface area (Å²) in [6.45, 7) is 8.52. The van der Waals surface area contributed by atoms with Crippen LogP contribution in [0.1, 0.15) is 27.7 Å². The Bertz CT molecular complexity index is 340. The van der Waals surface area contributed by atoms with Gasteiger partial charge in [0.15, 0.2) is 0 Å². The number of allylic oxidation sites excluding steroid dienone is 2. The van der Waals surface area contributed by atoms with Gasteiger partial charge in [-0.1, -0.05) is 52.0 Å². The molecule has 0 aromatic heterocycles. The summed E-state index contributed by atoms with van der Waals surface area (Å²) in [6.07, 6.45) is 9.55. The van der Waals surface area contributed by atoms with Crippen LogP contribution in [0, 0.1) is 11.8 Å². The van der Waals surface area contributed by atoms with Crippen LogP contribution in [0.15, 0.2) is 36.5 Å². The average molecular weight is 280 g/mol. The minimum absolute atomic E-state index is 0.202. The maximum atomic E-state index is 11.2. The second-order valence-electron chi connectivity index (χ2n) is 4.94. The molecule has 0 radical (unpaired) electrons. The zero-order valence-electron chi connectivity index (χ0n) is 12.7. The highest BCUT2D eigenvalue weighted by atomic mass is 16.5. The molecule has 4 nitrogen and oxygen atoms in total. The Kier molecular flexibility index (Phi) is 10.0. The molecule has 0 saturated heterocycles. The van der Waals surface area contributed by atoms with Crippen LogP contribution in [-0.2, 0) is 19.1 Å². The van der Waals surface area contributed by atoms with Gasteiger partial charge in [-0.25, -0.2) is 9.59 Å². The van der Waals surface area contributed by atoms with Crippen LogP contribution in [0.4, 0.5) is 0 Å². The lowest BCUT2D eigenvalue weighted by atomic mass is 10.2. The third-order valence-electron chi connectivity index (χ3n) is 2.04. The van der Waals surface area contributed by atoms with Crippen LogP contribution in [0.25, 0.3) is 0 Å². The van der Waals surface area contributed by atoms with Crippen molar-refractivity contribution in [3.05, 3.63) is 36.5 Å². The first-order valence-electron chi connectivity index (χ1n) is 6.76. The fourth-order valence-electron chi connectivity index (χ4n) is 1.15. The van der Waals surface area contributed by atoms with Crippen molar-refractivity contribution in [3.63, 3.8) is 0 Å². The van der Waals surface area contributed by atoms with E-state index in [0.717, 1.165) is 12.2 Å². The Balaban J connectivity index is 3.86. The molecule has 0 heterocycles. The van der Waals surface area contributed by atoms with E-state index in [1.54, 1.807) is 12.2 Å². The first-order chi connectivity index (χ1) is 9.41. The fourth-order valence-corrected chi connectivity index (χ4v) is 1.15. The lowest BCUT2D eigenvalue weighted by molar-refractivity contribution is -0.139. The minimum atomic E-state index is -0.562. The predicted octanol–water partition coefficient (Wildman–Crippen LogP) is 3.05. The van der Waals surface area contributed by atoms with Gasteiger partial charge in [0.2, 0.25) is 0 Å². The Morgan fingerprint density at radius 1 is 0.800 bits per heavy atom. The molecule has 0 N–H and O–H groups in total. The van der Waals surface area contributed by atoms with E-state index < -0.39 is 11.9 Å². The normalized spacial score (nSPS) is 12.1. The molecule has 0 aliphatic rings. The molecule has 0 aliphatic carbocycles. The molecular weight excluding hydrogens is 256 g/mol. The summed E-state index contributed by atoms with van der Waals surface area (Å²) in [4.78, 5) is 22.5. The zero-order chi connectivity index (χ0) is 15.4. The van der Waals surface area contributed by atoms with Gasteiger partial charge in [-0.2, -0.15) is 0 Å². The number of esters is 2. The molecule has 0 saturated carbocycles. The molecule has 0 atom stereocenters. The molecule has 0 aromatic carbocycles. The first-order valence-corrected chi connectivity index (χ1v) is 6.76. The van der Waals surface area contributed by atoms with Gasteiger partial charge in [0.25, 0.3) is 0 Å². The lowest BCUT2D eigenvalue weighted by Crippen LogP contribution is -2.04. The molecule has 0 unspecified atom stereocenters. The third-order valence-corrected chi connectivity index (χ3v) is 2.04. The van der Waals surface area contributed by atoms with Gasteiger partial charge in [-0.3, -0.25) is 0 Å². The van der Waals surface area contributed by atoms with Gasteiger partial charge < -0.3 is 9.47 Å². The smallest absolute Gasteiger partial charge is 0.331 e. The summed E-state index contributed by atoms with van der Waals surface area (Å²) in [5, 5.41) is 0. The Morgan fingerprint density at radius 3 is 1.45 bits per heavy atom. The highest BCUT2D eigenvalue weighted by Crippen LogP contribution is 1.95. The van der Waals surface area contributed by atoms with Crippen LogP contribution >= 0.6 is 0 Å². The topological polar surface area (TPSA) is 52.6 Å². The largest absolute Gasteiger partial charge is 0.458 e. The highest BCUT2D eigenvalue weighted by Gasteiger charge is 1.99. The van der Waals surface area contributed by atoms with Gasteiger partial charge >= 0.3 is 11.9 Å². The van der Waals surface area contributed by atoms with E-state index in [2.05, 4.69) is 0 Å². The second-order valence-corrected chi connectivity index (χ2v) is 4.94. The van der Waals surface area contributed by atoms with Gasteiger partial charge in [-0.05, 0) is 11.8 Å². The molecule has 0 aromatic rings. The number of rotatable bonds is 8. The van der Waals surface area contributed by atoms with Crippen LogP contribution in [-0.4, -0.2) is 25.2 Å². The van der Waals surface area contributed by atoms with Crippen LogP contribution in [0.3, 0.4) is 0 Å². The van der Waals surface area contributed by atoms with E-state index >= 15 is 0 Å². The van der Waals surface area contributed by atoms with Crippen molar-refractivity contribution in [1.29, 1.82) is 0 Å². The van der Waals surface area contributed by atoms with Crippen LogP contribution < -0.4 is 0 Å². The van der Waals surface area contributed by atoms with E-state index in [9.17, 15) is 9.59 Å². The second kappa shape index (κ2) is 11.0. The Labute approximate surface area is 121 Å². The van der Waals surface area contributed by atoms with Crippen molar-refractivity contribution >= 4 is 11.9 Å². The van der Waals surface area contributed by atoms with Crippen molar-refractivity contribution < 1.29 is 19.1 Å². The maximum Gasteiger partial charge on any atom is 0.331 e. The molecule has 20 heavy (non-hydrogen) atoms. The van der Waals surface area contributed by atoms with Crippen molar-refractivity contribution in [2.75, 3.05) is 13.2 Å². The summed E-state index contributed by atoms with van der Waals surface area (Å²) in [7, 11) is 0. The number of carbonyl (C=O) groups excluding carboxylic acids is 2. The third kappa shape index (κ3) is 12.6. The molecular formula is C16H24O4. The van der Waals surface area contributed by atoms with E-state index in [1.165, 1.54) is 0 Å². The van der Waals surface area contributed by atoms with Gasteiger partial charge in [0, 0.05) is 12.2 Å². The monoisotopic (exact) mass is 280 g/mol. The molecule has 0 fully saturated rings. The van der Waals surface area contributed by atoms with Crippen LogP contribution in [0.2, 0.25) is 0 Å². The summed E-state index contributed by atoms with van der Waals surface area (Å²) < 4.78 is 9.73. The van der Waals surface area contributed by atoms with E-state index in [1.807, 2.05) is 39.8 Å². The predicted molar refractivity (Wildman–Crippen MR) is 79.0 cm³/mol. The van der Waals surface area contributed by atoms with Crippen molar-refractivity contribution in [3.8, 4) is 0 Å². The van der Waals surface area contributed by atoms with Crippen molar-refractivity contribution in [2.24, 2.45) is 11.8 Å². The van der Waals surface area contributed by atoms with Gasteiger partial charge in [0.1, 0.15) is 13.2 Å². The standard InChI is InChI=1S/C16H24O4/c1-13(2)7-5-11-19-15(17)9-10-16(18)20-12-6-8-14(3)4/h5-10,13-14H,11-12H2,1-4H3/b7-5+,8-6+,10-9+. The van der Waals surface area contributed by atoms with E-state index in [0.29, 0.717) is 11.8 Å². The van der Waals surface area contributed by atoms with E-state index in [-0.39, 0.29) is 13.2 Å². The Hall–Kier alpha value is -1.84. The van der Waals surface area contributed by atoms with Crippen LogP contribution in [0.5, 0.6) is 0 Å². The summed E-state index contributed by atoms with van der Waals surface area (Å²) in [6, 6.07) is 0. The van der Waals surface area contributed by atoms with Crippen molar-refractivity contribution in [2.45, 2.75) is 27.7 Å². The van der Waals surface area contributed by atoms with Gasteiger partial charge in [0.05, 0.1) is 0 Å². The molecule has 0 bridgehead atoms. The van der Waals surface area contributed by atoms with Gasteiger partial charge in [-0.15, -0.1) is 0 Å². The summed E-state index contributed by atoms with van der Waals surface area (Å²) in [5.41, 5.74) is 0. The molecule has 4 heteroatoms. The zero-order valence-corrected chi connectivity index (χ0v) is 12.7. The highest BCUT2D eigenvalue weighted by molar-refractivity contribution is 5.91. The summed E-state index contributed by atoms with van der Waals surface area (Å²) >= 11 is 0. The lowest BCUT2D eigenvalue weighted by Gasteiger charge is -1.99. The number of hydrogen-bond donors (Lipinski definition) is 0. The Morgan fingerprint density at radius 2 is 1.15 bits per heavy atom. The molecule has 0 rings (SSSR count). The maximum absolute atomic E-state index is 11.2. The quantitative estimate of drug-likeness (QED) is 0.389. The van der Waals surface area contributed by atoms with E-state index in [4.69, 9.17) is 9.47 Å². The number of ether oxygens (including phenoxy) is 2. The minimum Gasteiger partial charge on any atom is -0.458 e.